The lowest BCUT2D eigenvalue weighted by Crippen LogP contribution is -2.15. The zero-order chi connectivity index (χ0) is 8.81. The van der Waals surface area contributed by atoms with E-state index in [9.17, 15) is 0 Å². The first-order valence-corrected chi connectivity index (χ1v) is 4.27. The van der Waals surface area contributed by atoms with E-state index in [-0.39, 0.29) is 0 Å². The lowest BCUT2D eigenvalue weighted by atomic mass is 10.4. The van der Waals surface area contributed by atoms with E-state index < -0.39 is 0 Å². The number of hydrogen-bond donors (Lipinski definition) is 1. The van der Waals surface area contributed by atoms with Gasteiger partial charge in [-0.2, -0.15) is 0 Å². The van der Waals surface area contributed by atoms with Crippen LogP contribution >= 0.6 is 0 Å². The van der Waals surface area contributed by atoms with Gasteiger partial charge >= 0.3 is 0 Å². The second-order valence-electron chi connectivity index (χ2n) is 3.03. The number of nitrogens with one attached hydrogen (secondary N) is 1. The van der Waals surface area contributed by atoms with Crippen molar-refractivity contribution in [2.45, 2.75) is 19.8 Å². The monoisotopic (exact) mass is 165 g/mol. The van der Waals surface area contributed by atoms with Gasteiger partial charge in [-0.15, -0.1) is 0 Å². The summed E-state index contributed by atoms with van der Waals surface area (Å²) >= 11 is 0. The second-order valence-corrected chi connectivity index (χ2v) is 3.03. The van der Waals surface area contributed by atoms with Crippen molar-refractivity contribution in [1.29, 1.82) is 5.41 Å². The van der Waals surface area contributed by atoms with Crippen molar-refractivity contribution in [3.8, 4) is 0 Å². The van der Waals surface area contributed by atoms with Gasteiger partial charge in [-0.1, -0.05) is 0 Å². The summed E-state index contributed by atoms with van der Waals surface area (Å²) in [6.45, 7) is 4.12. The van der Waals surface area contributed by atoms with Gasteiger partial charge in [-0.3, -0.25) is 0 Å². The van der Waals surface area contributed by atoms with Crippen molar-refractivity contribution in [1.82, 2.24) is 4.90 Å². The average Bonchev–Trinajstić information content (AvgIpc) is 2.57. The normalized spacial score (nSPS) is 19.1. The molecule has 1 saturated heterocycles. The number of hydrogen-bond acceptors (Lipinski definition) is 2. The molecule has 0 aromatic heterocycles. The maximum absolute atomic E-state index is 6.92. The Balaban J connectivity index is 2.33. The summed E-state index contributed by atoms with van der Waals surface area (Å²) in [4.78, 5) is 6.31. The van der Waals surface area contributed by atoms with Crippen molar-refractivity contribution >= 4 is 12.6 Å². The number of aliphatic imine (C=N–C) groups is 1. The molecular formula is C9H15N3. The molecule has 0 bridgehead atoms. The molecule has 3 heteroatoms. The molecule has 0 aromatic rings. The Morgan fingerprint density at radius 1 is 1.42 bits per heavy atom. The highest BCUT2D eigenvalue weighted by Crippen LogP contribution is 2.04. The van der Waals surface area contributed by atoms with E-state index in [0.29, 0.717) is 0 Å². The summed E-state index contributed by atoms with van der Waals surface area (Å²) in [6, 6.07) is 0. The molecule has 1 fully saturated rings. The highest BCUT2D eigenvalue weighted by atomic mass is 15.2. The van der Waals surface area contributed by atoms with Crippen LogP contribution in [0.15, 0.2) is 16.8 Å². The van der Waals surface area contributed by atoms with Crippen LogP contribution in [-0.4, -0.2) is 30.5 Å². The Labute approximate surface area is 73.3 Å². The highest BCUT2D eigenvalue weighted by Gasteiger charge is 2.05. The Bertz CT molecular complexity index is 200. The summed E-state index contributed by atoms with van der Waals surface area (Å²) in [5.41, 5.74) is 0.880. The third-order valence-corrected chi connectivity index (χ3v) is 1.88. The molecule has 0 unspecified atom stereocenters. The second kappa shape index (κ2) is 4.70. The number of likely N-dealkylation sites (tertiary alicyclic amines) is 1. The number of rotatable bonds is 3. The molecule has 12 heavy (non-hydrogen) atoms. The summed E-state index contributed by atoms with van der Waals surface area (Å²) in [5, 5.41) is 6.92. The minimum absolute atomic E-state index is 0.880. The van der Waals surface area contributed by atoms with Crippen LogP contribution in [0.3, 0.4) is 0 Å². The molecule has 1 rings (SSSR count). The Morgan fingerprint density at radius 2 is 2.08 bits per heavy atom. The van der Waals surface area contributed by atoms with Crippen LogP contribution in [0, 0.1) is 5.41 Å². The van der Waals surface area contributed by atoms with Gasteiger partial charge in [0.15, 0.2) is 0 Å². The van der Waals surface area contributed by atoms with Gasteiger partial charge in [0.2, 0.25) is 0 Å². The van der Waals surface area contributed by atoms with E-state index in [4.69, 9.17) is 5.41 Å². The molecule has 0 radical (unpaired) electrons. The van der Waals surface area contributed by atoms with Gasteiger partial charge in [0.05, 0.1) is 6.34 Å². The van der Waals surface area contributed by atoms with E-state index in [2.05, 4.69) is 9.89 Å². The smallest absolute Gasteiger partial charge is 0.0905 e. The van der Waals surface area contributed by atoms with Gasteiger partial charge in [0.1, 0.15) is 0 Å². The molecule has 1 aliphatic heterocycles. The van der Waals surface area contributed by atoms with Crippen molar-refractivity contribution in [3.05, 3.63) is 11.8 Å². The van der Waals surface area contributed by atoms with Crippen LogP contribution < -0.4 is 0 Å². The zero-order valence-corrected chi connectivity index (χ0v) is 7.45. The Morgan fingerprint density at radius 3 is 2.67 bits per heavy atom. The number of allylic oxidation sites excluding steroid dienone is 1. The molecule has 1 aliphatic rings. The van der Waals surface area contributed by atoms with Crippen LogP contribution in [0.2, 0.25) is 0 Å². The van der Waals surface area contributed by atoms with Crippen molar-refractivity contribution in [2.75, 3.05) is 13.1 Å². The van der Waals surface area contributed by atoms with Gasteiger partial charge in [0.25, 0.3) is 0 Å². The zero-order valence-electron chi connectivity index (χ0n) is 7.45. The minimum Gasteiger partial charge on any atom is -0.363 e. The number of nitrogens with zero attached hydrogens (tertiary/aromatic N) is 2. The van der Waals surface area contributed by atoms with Crippen LogP contribution in [0.1, 0.15) is 19.8 Å². The molecular weight excluding hydrogens is 150 g/mol. The van der Waals surface area contributed by atoms with Gasteiger partial charge < -0.3 is 10.3 Å². The summed E-state index contributed by atoms with van der Waals surface area (Å²) in [7, 11) is 0. The molecule has 1 heterocycles. The van der Waals surface area contributed by atoms with E-state index in [1.54, 1.807) is 6.20 Å². The Hall–Kier alpha value is -1.12. The molecule has 66 valence electrons. The minimum atomic E-state index is 0.880. The first kappa shape index (κ1) is 8.97. The maximum Gasteiger partial charge on any atom is 0.0905 e. The highest BCUT2D eigenvalue weighted by molar-refractivity contribution is 5.75. The Kier molecular flexibility index (Phi) is 3.51. The maximum atomic E-state index is 6.92. The molecule has 0 aromatic carbocycles. The first-order chi connectivity index (χ1) is 5.83. The van der Waals surface area contributed by atoms with E-state index in [1.807, 2.05) is 13.3 Å². The van der Waals surface area contributed by atoms with Crippen molar-refractivity contribution in [3.63, 3.8) is 0 Å². The fourth-order valence-electron chi connectivity index (χ4n) is 1.14. The molecule has 0 atom stereocenters. The molecule has 0 spiro atoms. The van der Waals surface area contributed by atoms with Gasteiger partial charge in [0, 0.05) is 25.5 Å². The predicted octanol–water partition coefficient (Wildman–Crippen LogP) is 1.66. The lowest BCUT2D eigenvalue weighted by molar-refractivity contribution is 0.535. The standard InChI is InChI=1S/C9H15N3/c1-9(6-10)7-11-8-12-4-2-3-5-12/h6-8,10H,2-5H2,1H3/b9-7-,10-6?,11-8+. The third-order valence-electron chi connectivity index (χ3n) is 1.88. The van der Waals surface area contributed by atoms with E-state index in [1.165, 1.54) is 19.1 Å². The largest absolute Gasteiger partial charge is 0.363 e. The SMILES string of the molecule is C/C(C=N)=C/N=C/N1CCCC1. The summed E-state index contributed by atoms with van der Waals surface area (Å²) in [6.07, 6.45) is 7.44. The van der Waals surface area contributed by atoms with Crippen LogP contribution in [-0.2, 0) is 0 Å². The lowest BCUT2D eigenvalue weighted by Gasteiger charge is -2.07. The fourth-order valence-corrected chi connectivity index (χ4v) is 1.14. The van der Waals surface area contributed by atoms with Gasteiger partial charge in [-0.05, 0) is 25.3 Å². The predicted molar refractivity (Wildman–Crippen MR) is 51.8 cm³/mol. The molecule has 1 N–H and O–H groups in total. The molecule has 0 aliphatic carbocycles. The van der Waals surface area contributed by atoms with Gasteiger partial charge in [-0.25, -0.2) is 4.99 Å². The fraction of sp³-hybridized carbons (Fsp3) is 0.556. The van der Waals surface area contributed by atoms with Crippen molar-refractivity contribution in [2.24, 2.45) is 4.99 Å². The van der Waals surface area contributed by atoms with E-state index >= 15 is 0 Å². The summed E-state index contributed by atoms with van der Waals surface area (Å²) in [5.74, 6) is 0. The molecule has 3 nitrogen and oxygen atoms in total. The van der Waals surface area contributed by atoms with Crippen LogP contribution in [0.5, 0.6) is 0 Å². The third kappa shape index (κ3) is 2.86. The topological polar surface area (TPSA) is 39.5 Å². The van der Waals surface area contributed by atoms with Crippen molar-refractivity contribution < 1.29 is 0 Å². The quantitative estimate of drug-likeness (QED) is 0.501. The van der Waals surface area contributed by atoms with Crippen LogP contribution in [0.4, 0.5) is 0 Å². The first-order valence-electron chi connectivity index (χ1n) is 4.27. The molecule has 0 saturated carbocycles. The molecule has 0 amide bonds. The summed E-state index contributed by atoms with van der Waals surface area (Å²) < 4.78 is 0. The average molecular weight is 165 g/mol. The van der Waals surface area contributed by atoms with Crippen LogP contribution in [0.25, 0.3) is 0 Å². The van der Waals surface area contributed by atoms with E-state index in [0.717, 1.165) is 18.7 Å².